The number of hydrogen-bond donors (Lipinski definition) is 1. The van der Waals surface area contributed by atoms with Crippen molar-refractivity contribution in [3.63, 3.8) is 0 Å². The lowest BCUT2D eigenvalue weighted by atomic mass is 10.2. The van der Waals surface area contributed by atoms with Crippen molar-refractivity contribution >= 4 is 5.91 Å². The Bertz CT molecular complexity index is 680. The van der Waals surface area contributed by atoms with Gasteiger partial charge in [0.15, 0.2) is 0 Å². The molecule has 0 radical (unpaired) electrons. The average Bonchev–Trinajstić information content (AvgIpc) is 2.50. The van der Waals surface area contributed by atoms with E-state index in [1.807, 2.05) is 31.2 Å². The SMILES string of the molecule is Cc1cccc(-n2c(=O)c(C(N)=O)c(C)n2C)c1. The number of aromatic nitrogens is 2. The second-order valence-electron chi connectivity index (χ2n) is 4.30. The van der Waals surface area contributed by atoms with Crippen LogP contribution < -0.4 is 11.3 Å². The minimum atomic E-state index is -0.695. The largest absolute Gasteiger partial charge is 0.365 e. The number of rotatable bonds is 2. The number of hydrogen-bond acceptors (Lipinski definition) is 2. The smallest absolute Gasteiger partial charge is 0.284 e. The zero-order chi connectivity index (χ0) is 13.4. The fourth-order valence-corrected chi connectivity index (χ4v) is 2.04. The van der Waals surface area contributed by atoms with Crippen molar-refractivity contribution in [1.29, 1.82) is 0 Å². The summed E-state index contributed by atoms with van der Waals surface area (Å²) in [7, 11) is 1.73. The first-order valence-electron chi connectivity index (χ1n) is 5.59. The van der Waals surface area contributed by atoms with Gasteiger partial charge < -0.3 is 5.73 Å². The topological polar surface area (TPSA) is 70.0 Å². The van der Waals surface area contributed by atoms with Crippen LogP contribution in [0.2, 0.25) is 0 Å². The highest BCUT2D eigenvalue weighted by Gasteiger charge is 2.19. The van der Waals surface area contributed by atoms with Crippen LogP contribution in [0.4, 0.5) is 0 Å². The lowest BCUT2D eigenvalue weighted by molar-refractivity contribution is 0.0998. The zero-order valence-electron chi connectivity index (χ0n) is 10.6. The van der Waals surface area contributed by atoms with Gasteiger partial charge in [-0.15, -0.1) is 0 Å². The summed E-state index contributed by atoms with van der Waals surface area (Å²) in [4.78, 5) is 23.5. The fraction of sp³-hybridized carbons (Fsp3) is 0.231. The number of carbonyl (C=O) groups is 1. The summed E-state index contributed by atoms with van der Waals surface area (Å²) < 4.78 is 3.08. The first kappa shape index (κ1) is 12.2. The third kappa shape index (κ3) is 1.73. The maximum absolute atomic E-state index is 12.2. The highest BCUT2D eigenvalue weighted by molar-refractivity contribution is 5.93. The number of aryl methyl sites for hydroxylation is 1. The number of primary amides is 1. The van der Waals surface area contributed by atoms with E-state index in [0.717, 1.165) is 11.3 Å². The molecule has 0 saturated heterocycles. The Kier molecular flexibility index (Phi) is 2.82. The van der Waals surface area contributed by atoms with Crippen LogP contribution in [0, 0.1) is 13.8 Å². The van der Waals surface area contributed by atoms with Crippen LogP contribution in [0.3, 0.4) is 0 Å². The standard InChI is InChI=1S/C13H15N3O2/c1-8-5-4-6-10(7-8)16-13(18)11(12(14)17)9(2)15(16)3/h4-7H,1-3H3,(H2,14,17). The van der Waals surface area contributed by atoms with Gasteiger partial charge in [0.05, 0.1) is 11.4 Å². The van der Waals surface area contributed by atoms with Crippen molar-refractivity contribution in [3.8, 4) is 5.69 Å². The van der Waals surface area contributed by atoms with E-state index < -0.39 is 5.91 Å². The quantitative estimate of drug-likeness (QED) is 0.853. The van der Waals surface area contributed by atoms with Gasteiger partial charge in [0.25, 0.3) is 11.5 Å². The summed E-state index contributed by atoms with van der Waals surface area (Å²) in [6.45, 7) is 3.65. The number of benzene rings is 1. The fourth-order valence-electron chi connectivity index (χ4n) is 2.04. The van der Waals surface area contributed by atoms with E-state index in [1.165, 1.54) is 4.68 Å². The number of nitrogens with two attached hydrogens (primary N) is 1. The van der Waals surface area contributed by atoms with Gasteiger partial charge in [-0.25, -0.2) is 4.68 Å². The molecule has 1 heterocycles. The Labute approximate surface area is 104 Å². The Morgan fingerprint density at radius 1 is 1.28 bits per heavy atom. The normalized spacial score (nSPS) is 10.6. The minimum absolute atomic E-state index is 0.0407. The van der Waals surface area contributed by atoms with Crippen LogP contribution in [0.25, 0.3) is 5.69 Å². The molecule has 94 valence electrons. The molecule has 5 nitrogen and oxygen atoms in total. The van der Waals surface area contributed by atoms with E-state index in [4.69, 9.17) is 5.73 Å². The summed E-state index contributed by atoms with van der Waals surface area (Å²) >= 11 is 0. The van der Waals surface area contributed by atoms with Crippen LogP contribution in [-0.2, 0) is 7.05 Å². The molecule has 2 N–H and O–H groups in total. The second kappa shape index (κ2) is 4.18. The lowest BCUT2D eigenvalue weighted by Crippen LogP contribution is -2.25. The molecular weight excluding hydrogens is 230 g/mol. The Balaban J connectivity index is 2.78. The summed E-state index contributed by atoms with van der Waals surface area (Å²) in [6.07, 6.45) is 0. The van der Waals surface area contributed by atoms with Crippen molar-refractivity contribution in [2.45, 2.75) is 13.8 Å². The van der Waals surface area contributed by atoms with Crippen molar-refractivity contribution in [2.24, 2.45) is 12.8 Å². The van der Waals surface area contributed by atoms with Gasteiger partial charge in [0.2, 0.25) is 0 Å². The first-order valence-corrected chi connectivity index (χ1v) is 5.59. The molecule has 1 amide bonds. The number of nitrogens with zero attached hydrogens (tertiary/aromatic N) is 2. The Morgan fingerprint density at radius 2 is 1.94 bits per heavy atom. The minimum Gasteiger partial charge on any atom is -0.365 e. The van der Waals surface area contributed by atoms with Gasteiger partial charge in [-0.2, -0.15) is 0 Å². The Morgan fingerprint density at radius 3 is 2.44 bits per heavy atom. The second-order valence-corrected chi connectivity index (χ2v) is 4.30. The molecule has 5 heteroatoms. The third-order valence-corrected chi connectivity index (χ3v) is 3.05. The number of amides is 1. The summed E-state index contributed by atoms with van der Waals surface area (Å²) in [5.74, 6) is -0.695. The van der Waals surface area contributed by atoms with Crippen LogP contribution in [0.5, 0.6) is 0 Å². The molecule has 2 aromatic rings. The van der Waals surface area contributed by atoms with Gasteiger partial charge in [0, 0.05) is 7.05 Å². The predicted octanol–water partition coefficient (Wildman–Crippen LogP) is 0.892. The zero-order valence-corrected chi connectivity index (χ0v) is 10.6. The van der Waals surface area contributed by atoms with E-state index in [0.29, 0.717) is 5.69 Å². The van der Waals surface area contributed by atoms with Crippen molar-refractivity contribution in [3.05, 3.63) is 51.4 Å². The summed E-state index contributed by atoms with van der Waals surface area (Å²) in [6, 6.07) is 7.51. The van der Waals surface area contributed by atoms with Gasteiger partial charge >= 0.3 is 0 Å². The van der Waals surface area contributed by atoms with Gasteiger partial charge in [-0.3, -0.25) is 14.3 Å². The highest BCUT2D eigenvalue weighted by atomic mass is 16.2. The molecule has 0 aliphatic rings. The first-order chi connectivity index (χ1) is 8.43. The van der Waals surface area contributed by atoms with Crippen molar-refractivity contribution in [1.82, 2.24) is 9.36 Å². The van der Waals surface area contributed by atoms with Crippen LogP contribution >= 0.6 is 0 Å². The molecule has 1 aromatic heterocycles. The average molecular weight is 245 g/mol. The lowest BCUT2D eigenvalue weighted by Gasteiger charge is -2.08. The molecule has 0 bridgehead atoms. The van der Waals surface area contributed by atoms with E-state index in [9.17, 15) is 9.59 Å². The molecule has 2 rings (SSSR count). The molecule has 0 unspecified atom stereocenters. The van der Waals surface area contributed by atoms with Crippen LogP contribution in [-0.4, -0.2) is 15.3 Å². The van der Waals surface area contributed by atoms with Crippen LogP contribution in [0.15, 0.2) is 29.1 Å². The molecule has 0 aliphatic heterocycles. The van der Waals surface area contributed by atoms with Crippen molar-refractivity contribution in [2.75, 3.05) is 0 Å². The molecule has 0 atom stereocenters. The monoisotopic (exact) mass is 245 g/mol. The molecular formula is C13H15N3O2. The Hall–Kier alpha value is -2.30. The van der Waals surface area contributed by atoms with E-state index in [2.05, 4.69) is 0 Å². The molecule has 0 fully saturated rings. The molecule has 0 aliphatic carbocycles. The van der Waals surface area contributed by atoms with E-state index in [-0.39, 0.29) is 11.1 Å². The predicted molar refractivity (Wildman–Crippen MR) is 69.0 cm³/mol. The molecule has 0 saturated carbocycles. The maximum atomic E-state index is 12.2. The third-order valence-electron chi connectivity index (χ3n) is 3.05. The van der Waals surface area contributed by atoms with Gasteiger partial charge in [0.1, 0.15) is 5.56 Å². The summed E-state index contributed by atoms with van der Waals surface area (Å²) in [5, 5.41) is 0. The van der Waals surface area contributed by atoms with Crippen molar-refractivity contribution < 1.29 is 4.79 Å². The summed E-state index contributed by atoms with van der Waals surface area (Å²) in [5.41, 5.74) is 7.22. The maximum Gasteiger partial charge on any atom is 0.284 e. The van der Waals surface area contributed by atoms with Gasteiger partial charge in [-0.05, 0) is 31.5 Å². The molecule has 0 spiro atoms. The van der Waals surface area contributed by atoms with Gasteiger partial charge in [-0.1, -0.05) is 12.1 Å². The van der Waals surface area contributed by atoms with Crippen LogP contribution in [0.1, 0.15) is 21.6 Å². The highest BCUT2D eigenvalue weighted by Crippen LogP contribution is 2.11. The molecule has 1 aromatic carbocycles. The van der Waals surface area contributed by atoms with E-state index >= 15 is 0 Å². The number of carbonyl (C=O) groups excluding carboxylic acids is 1. The van der Waals surface area contributed by atoms with E-state index in [1.54, 1.807) is 18.7 Å². The molecule has 18 heavy (non-hydrogen) atoms.